The molecule has 39 heavy (non-hydrogen) atoms. The van der Waals surface area contributed by atoms with Crippen LogP contribution in [0, 0.1) is 28.6 Å². The van der Waals surface area contributed by atoms with Crippen LogP contribution in [0.5, 0.6) is 0 Å². The number of fused-ring (bicyclic) bond motifs is 5. The number of Topliss-reactive ketones (excluding diaryl/α,β-unsaturated/α-hetero) is 1. The van der Waals surface area contributed by atoms with Gasteiger partial charge in [0.15, 0.2) is 11.6 Å². The number of hydrogen-bond acceptors (Lipinski definition) is 9. The molecule has 0 bridgehead atoms. The van der Waals surface area contributed by atoms with Gasteiger partial charge in [0, 0.05) is 16.7 Å². The maximum absolute atomic E-state index is 13.4. The van der Waals surface area contributed by atoms with Crippen LogP contribution in [-0.2, 0) is 33.9 Å². The quantitative estimate of drug-likeness (QED) is 0.422. The lowest BCUT2D eigenvalue weighted by molar-refractivity contribution is -0.178. The molecule has 3 fully saturated rings. The van der Waals surface area contributed by atoms with Crippen LogP contribution in [-0.4, -0.2) is 56.9 Å². The van der Waals surface area contributed by atoms with Gasteiger partial charge < -0.3 is 10.2 Å². The molecule has 3 unspecified atom stereocenters. The number of carbonyl (C=O) groups excluding carboxylic acids is 2. The monoisotopic (exact) mass is 579 g/mol. The SMILES string of the molecule is C[C@]12C=CC(=O)C=C1CCC1C2[C@@H](O)C[C@@]2(C)C1CC[C@]2(O)C(=O)COS(=O)(=O)c1cccc(S(N)(=O)=O)c1. The highest BCUT2D eigenvalue weighted by atomic mass is 32.2. The summed E-state index contributed by atoms with van der Waals surface area (Å²) in [5, 5.41) is 28.3. The summed E-state index contributed by atoms with van der Waals surface area (Å²) in [6.45, 7) is 2.86. The number of hydrogen-bond donors (Lipinski definition) is 3. The zero-order valence-corrected chi connectivity index (χ0v) is 23.4. The molecule has 0 aromatic heterocycles. The molecule has 0 radical (unpaired) electrons. The van der Waals surface area contributed by atoms with Gasteiger partial charge in [0.1, 0.15) is 12.2 Å². The van der Waals surface area contributed by atoms with E-state index < -0.39 is 64.9 Å². The molecule has 12 heteroatoms. The molecular formula is C27H33NO9S2. The summed E-state index contributed by atoms with van der Waals surface area (Å²) in [4.78, 5) is 24.5. The fraction of sp³-hybridized carbons (Fsp3) is 0.556. The number of primary sulfonamides is 1. The van der Waals surface area contributed by atoms with Crippen LogP contribution in [0.4, 0.5) is 0 Å². The van der Waals surface area contributed by atoms with Crippen molar-refractivity contribution in [1.29, 1.82) is 0 Å². The second kappa shape index (κ2) is 9.15. The second-order valence-electron chi connectivity index (χ2n) is 11.8. The first-order chi connectivity index (χ1) is 18.0. The highest BCUT2D eigenvalue weighted by Gasteiger charge is 2.68. The molecule has 1 aromatic rings. The van der Waals surface area contributed by atoms with E-state index >= 15 is 0 Å². The Bertz CT molecular complexity index is 1510. The summed E-state index contributed by atoms with van der Waals surface area (Å²) in [6.07, 6.45) is 6.36. The lowest BCUT2D eigenvalue weighted by Crippen LogP contribution is -2.61. The summed E-state index contributed by atoms with van der Waals surface area (Å²) < 4.78 is 53.7. The lowest BCUT2D eigenvalue weighted by Gasteiger charge is -2.59. The van der Waals surface area contributed by atoms with Gasteiger partial charge >= 0.3 is 0 Å². The number of nitrogens with two attached hydrogens (primary N) is 1. The van der Waals surface area contributed by atoms with E-state index in [-0.39, 0.29) is 36.4 Å². The van der Waals surface area contributed by atoms with E-state index in [1.807, 2.05) is 13.0 Å². The minimum atomic E-state index is -4.54. The van der Waals surface area contributed by atoms with Gasteiger partial charge in [-0.05, 0) is 74.3 Å². The summed E-state index contributed by atoms with van der Waals surface area (Å²) in [6, 6.07) is 4.28. The second-order valence-corrected chi connectivity index (χ2v) is 14.9. The van der Waals surface area contributed by atoms with Crippen LogP contribution >= 0.6 is 0 Å². The average molecular weight is 580 g/mol. The molecule has 0 aliphatic heterocycles. The number of carbonyl (C=O) groups is 2. The van der Waals surface area contributed by atoms with E-state index in [0.29, 0.717) is 19.3 Å². The van der Waals surface area contributed by atoms with E-state index in [0.717, 1.165) is 23.8 Å². The van der Waals surface area contributed by atoms with E-state index in [9.17, 15) is 36.6 Å². The van der Waals surface area contributed by atoms with Gasteiger partial charge in [0.05, 0.1) is 15.9 Å². The van der Waals surface area contributed by atoms with Crippen molar-refractivity contribution in [2.24, 2.45) is 33.7 Å². The topological polar surface area (TPSA) is 178 Å². The highest BCUT2D eigenvalue weighted by molar-refractivity contribution is 7.89. The Morgan fingerprint density at radius 1 is 1.15 bits per heavy atom. The maximum atomic E-state index is 13.4. The van der Waals surface area contributed by atoms with Gasteiger partial charge in [-0.15, -0.1) is 0 Å². The number of allylic oxidation sites excluding steroid dienone is 4. The Balaban J connectivity index is 1.37. The summed E-state index contributed by atoms with van der Waals surface area (Å²) in [5.41, 5.74) is -2.44. The number of ketones is 2. The Hall–Kier alpha value is -2.22. The fourth-order valence-corrected chi connectivity index (χ4v) is 9.46. The molecule has 4 aliphatic carbocycles. The smallest absolute Gasteiger partial charge is 0.297 e. The van der Waals surface area contributed by atoms with Crippen molar-refractivity contribution < 1.29 is 40.8 Å². The average Bonchev–Trinajstić information content (AvgIpc) is 3.13. The molecule has 3 saturated carbocycles. The van der Waals surface area contributed by atoms with Crippen molar-refractivity contribution in [1.82, 2.24) is 0 Å². The van der Waals surface area contributed by atoms with E-state index in [1.54, 1.807) is 13.0 Å². The molecular weight excluding hydrogens is 546 g/mol. The van der Waals surface area contributed by atoms with Crippen LogP contribution in [0.2, 0.25) is 0 Å². The van der Waals surface area contributed by atoms with Crippen molar-refractivity contribution in [3.05, 3.63) is 48.1 Å². The summed E-state index contributed by atoms with van der Waals surface area (Å²) in [7, 11) is -8.71. The Morgan fingerprint density at radius 3 is 2.54 bits per heavy atom. The minimum Gasteiger partial charge on any atom is -0.393 e. The molecule has 0 amide bonds. The summed E-state index contributed by atoms with van der Waals surface area (Å²) >= 11 is 0. The van der Waals surface area contributed by atoms with Crippen molar-refractivity contribution >= 4 is 31.7 Å². The highest BCUT2D eigenvalue weighted by Crippen LogP contribution is 2.67. The van der Waals surface area contributed by atoms with Gasteiger partial charge in [-0.3, -0.25) is 13.8 Å². The third-order valence-corrected chi connectivity index (χ3v) is 12.0. The predicted molar refractivity (Wildman–Crippen MR) is 139 cm³/mol. The molecule has 4 N–H and O–H groups in total. The van der Waals surface area contributed by atoms with Crippen LogP contribution < -0.4 is 5.14 Å². The standard InChI is InChI=1S/C27H33NO9S2/c1-25-10-8-17(29)12-16(25)6-7-20-21-9-11-27(32,26(21,2)14-22(30)24(20)25)23(31)15-37-39(35,36)19-5-3-4-18(13-19)38(28,33)34/h3-5,8,10,12-13,20-22,24,30,32H,6-7,9,11,14-15H2,1-2H3,(H2,28,33,34)/t20?,21?,22-,24?,25-,26-,27-/m0/s1. The van der Waals surface area contributed by atoms with Crippen molar-refractivity contribution in [3.63, 3.8) is 0 Å². The molecule has 7 atom stereocenters. The molecule has 212 valence electrons. The van der Waals surface area contributed by atoms with Crippen LogP contribution in [0.1, 0.15) is 46.0 Å². The maximum Gasteiger partial charge on any atom is 0.297 e. The number of sulfonamides is 1. The number of rotatable bonds is 6. The molecule has 10 nitrogen and oxygen atoms in total. The normalized spacial score (nSPS) is 38.0. The first-order valence-electron chi connectivity index (χ1n) is 12.9. The molecule has 0 heterocycles. The number of aliphatic hydroxyl groups excluding tert-OH is 1. The predicted octanol–water partition coefficient (Wildman–Crippen LogP) is 1.62. The minimum absolute atomic E-state index is 0.00817. The third kappa shape index (κ3) is 4.36. The summed E-state index contributed by atoms with van der Waals surface area (Å²) in [5.74, 6) is -1.17. The van der Waals surface area contributed by atoms with E-state index in [2.05, 4.69) is 0 Å². The third-order valence-electron chi connectivity index (χ3n) is 9.88. The first kappa shape index (κ1) is 28.3. The van der Waals surface area contributed by atoms with Gasteiger partial charge in [-0.25, -0.2) is 13.6 Å². The van der Waals surface area contributed by atoms with Crippen LogP contribution in [0.15, 0.2) is 57.9 Å². The van der Waals surface area contributed by atoms with Gasteiger partial charge in [0.25, 0.3) is 10.1 Å². The molecule has 5 rings (SSSR count). The van der Waals surface area contributed by atoms with E-state index in [1.165, 1.54) is 12.1 Å². The van der Waals surface area contributed by atoms with Gasteiger partial charge in [-0.1, -0.05) is 31.6 Å². The van der Waals surface area contributed by atoms with Gasteiger partial charge in [-0.2, -0.15) is 8.42 Å². The Morgan fingerprint density at radius 2 is 1.85 bits per heavy atom. The molecule has 1 aromatic carbocycles. The zero-order chi connectivity index (χ0) is 28.6. The Kier molecular flexibility index (Phi) is 6.64. The fourth-order valence-electron chi connectivity index (χ4n) is 7.91. The van der Waals surface area contributed by atoms with E-state index in [4.69, 9.17) is 9.32 Å². The molecule has 4 aliphatic rings. The van der Waals surface area contributed by atoms with Crippen molar-refractivity contribution in [3.8, 4) is 0 Å². The van der Waals surface area contributed by atoms with Crippen LogP contribution in [0.25, 0.3) is 0 Å². The molecule has 0 spiro atoms. The zero-order valence-electron chi connectivity index (χ0n) is 21.7. The molecule has 0 saturated heterocycles. The Labute approximate surface area is 228 Å². The largest absolute Gasteiger partial charge is 0.393 e. The number of aliphatic hydroxyl groups is 2. The lowest BCUT2D eigenvalue weighted by atomic mass is 9.46. The van der Waals surface area contributed by atoms with Crippen LogP contribution in [0.3, 0.4) is 0 Å². The van der Waals surface area contributed by atoms with Gasteiger partial charge in [0.2, 0.25) is 10.0 Å². The van der Waals surface area contributed by atoms with Crippen molar-refractivity contribution in [2.75, 3.05) is 6.61 Å². The number of benzene rings is 1. The van der Waals surface area contributed by atoms with Crippen molar-refractivity contribution in [2.45, 2.75) is 67.4 Å². The first-order valence-corrected chi connectivity index (χ1v) is 15.9.